The van der Waals surface area contributed by atoms with Crippen molar-refractivity contribution >= 4 is 5.97 Å². The number of benzene rings is 1. The van der Waals surface area contributed by atoms with Gasteiger partial charge in [0, 0.05) is 0 Å². The molecule has 0 atom stereocenters. The molecule has 1 aromatic carbocycles. The van der Waals surface area contributed by atoms with Crippen molar-refractivity contribution in [3.05, 3.63) is 41.0 Å². The Hall–Kier alpha value is -2.44. The third kappa shape index (κ3) is 2.45. The predicted octanol–water partition coefficient (Wildman–Crippen LogP) is 1.79. The van der Waals surface area contributed by atoms with Crippen LogP contribution < -0.4 is 4.74 Å². The first-order chi connectivity index (χ1) is 8.58. The van der Waals surface area contributed by atoms with Crippen LogP contribution in [-0.2, 0) is 6.61 Å². The monoisotopic (exact) mass is 252 g/mol. The second-order valence-electron chi connectivity index (χ2n) is 3.54. The number of rotatable bonds is 4. The fourth-order valence-corrected chi connectivity index (χ4v) is 1.28. The highest BCUT2D eigenvalue weighted by Crippen LogP contribution is 2.19. The molecule has 0 radical (unpaired) electrons. The molecule has 0 amide bonds. The van der Waals surface area contributed by atoms with E-state index >= 15 is 0 Å². The van der Waals surface area contributed by atoms with Gasteiger partial charge < -0.3 is 9.84 Å². The molecule has 0 saturated carbocycles. The Morgan fingerprint density at radius 3 is 2.83 bits per heavy atom. The smallest absolute Gasteiger partial charge is 0.335 e. The first kappa shape index (κ1) is 12.0. The average molecular weight is 252 g/mol. The maximum absolute atomic E-state index is 13.5. The fourth-order valence-electron chi connectivity index (χ4n) is 1.28. The first-order valence-corrected chi connectivity index (χ1v) is 5.01. The standard InChI is InChI=1S/C11H9FN2O4/c1-6-9(14-18-13-6)5-17-10-3-2-7(11(15)16)4-8(10)12/h2-4H,5H2,1H3,(H,15,16). The van der Waals surface area contributed by atoms with Crippen LogP contribution in [0.5, 0.6) is 5.75 Å². The number of aryl methyl sites for hydroxylation is 1. The molecular weight excluding hydrogens is 243 g/mol. The molecule has 1 N–H and O–H groups in total. The van der Waals surface area contributed by atoms with Crippen LogP contribution in [0.2, 0.25) is 0 Å². The number of hydrogen-bond acceptors (Lipinski definition) is 5. The SMILES string of the molecule is Cc1nonc1COc1ccc(C(=O)O)cc1F. The lowest BCUT2D eigenvalue weighted by Gasteiger charge is -2.05. The summed E-state index contributed by atoms with van der Waals surface area (Å²) in [7, 11) is 0. The van der Waals surface area contributed by atoms with Crippen molar-refractivity contribution in [2.45, 2.75) is 13.5 Å². The maximum Gasteiger partial charge on any atom is 0.335 e. The van der Waals surface area contributed by atoms with Crippen LogP contribution in [0.4, 0.5) is 4.39 Å². The van der Waals surface area contributed by atoms with Crippen LogP contribution >= 0.6 is 0 Å². The van der Waals surface area contributed by atoms with E-state index < -0.39 is 11.8 Å². The molecule has 0 aliphatic carbocycles. The van der Waals surface area contributed by atoms with Gasteiger partial charge in [0.2, 0.25) is 0 Å². The average Bonchev–Trinajstić information content (AvgIpc) is 2.73. The number of ether oxygens (including phenoxy) is 1. The maximum atomic E-state index is 13.5. The van der Waals surface area contributed by atoms with E-state index in [1.54, 1.807) is 6.92 Å². The Morgan fingerprint density at radius 2 is 2.28 bits per heavy atom. The van der Waals surface area contributed by atoms with Gasteiger partial charge in [-0.2, -0.15) is 0 Å². The van der Waals surface area contributed by atoms with Gasteiger partial charge in [-0.15, -0.1) is 0 Å². The zero-order chi connectivity index (χ0) is 13.1. The summed E-state index contributed by atoms with van der Waals surface area (Å²) >= 11 is 0. The van der Waals surface area contributed by atoms with E-state index in [0.29, 0.717) is 11.4 Å². The lowest BCUT2D eigenvalue weighted by Crippen LogP contribution is -2.02. The van der Waals surface area contributed by atoms with E-state index in [4.69, 9.17) is 9.84 Å². The summed E-state index contributed by atoms with van der Waals surface area (Å²) in [6, 6.07) is 3.40. The van der Waals surface area contributed by atoms with Crippen molar-refractivity contribution in [3.63, 3.8) is 0 Å². The van der Waals surface area contributed by atoms with Crippen molar-refractivity contribution in [1.82, 2.24) is 10.3 Å². The molecule has 1 aromatic heterocycles. The number of aromatic nitrogens is 2. The van der Waals surface area contributed by atoms with Gasteiger partial charge in [-0.3, -0.25) is 0 Å². The van der Waals surface area contributed by atoms with Crippen molar-refractivity contribution in [2.24, 2.45) is 0 Å². The van der Waals surface area contributed by atoms with Crippen LogP contribution in [-0.4, -0.2) is 21.4 Å². The van der Waals surface area contributed by atoms with Gasteiger partial charge in [0.25, 0.3) is 0 Å². The number of carboxylic acids is 1. The quantitative estimate of drug-likeness (QED) is 0.892. The van der Waals surface area contributed by atoms with Crippen LogP contribution in [0.1, 0.15) is 21.7 Å². The zero-order valence-corrected chi connectivity index (χ0v) is 9.38. The normalized spacial score (nSPS) is 10.3. The Labute approximate surface area is 101 Å². The summed E-state index contributed by atoms with van der Waals surface area (Å²) in [5.41, 5.74) is 0.869. The Balaban J connectivity index is 2.11. The van der Waals surface area contributed by atoms with Gasteiger partial charge in [-0.05, 0) is 25.1 Å². The second kappa shape index (κ2) is 4.82. The van der Waals surface area contributed by atoms with Gasteiger partial charge in [0.1, 0.15) is 18.0 Å². The summed E-state index contributed by atoms with van der Waals surface area (Å²) in [5.74, 6) is -2.00. The number of halogens is 1. The van der Waals surface area contributed by atoms with Crippen LogP contribution in [0.3, 0.4) is 0 Å². The van der Waals surface area contributed by atoms with Crippen molar-refractivity contribution in [3.8, 4) is 5.75 Å². The largest absolute Gasteiger partial charge is 0.484 e. The number of carboxylic acid groups (broad SMARTS) is 1. The molecule has 7 heteroatoms. The number of aromatic carboxylic acids is 1. The summed E-state index contributed by atoms with van der Waals surface area (Å²) in [6.45, 7) is 1.68. The first-order valence-electron chi connectivity index (χ1n) is 5.01. The molecule has 2 aromatic rings. The Kier molecular flexibility index (Phi) is 3.22. The van der Waals surface area contributed by atoms with E-state index in [1.165, 1.54) is 12.1 Å². The molecule has 6 nitrogen and oxygen atoms in total. The van der Waals surface area contributed by atoms with Crippen LogP contribution in [0.25, 0.3) is 0 Å². The predicted molar refractivity (Wildman–Crippen MR) is 56.7 cm³/mol. The lowest BCUT2D eigenvalue weighted by atomic mass is 10.2. The number of carbonyl (C=O) groups is 1. The lowest BCUT2D eigenvalue weighted by molar-refractivity contribution is 0.0696. The highest BCUT2D eigenvalue weighted by atomic mass is 19.1. The zero-order valence-electron chi connectivity index (χ0n) is 9.38. The molecule has 0 unspecified atom stereocenters. The number of hydrogen-bond donors (Lipinski definition) is 1. The minimum atomic E-state index is -1.20. The third-order valence-corrected chi connectivity index (χ3v) is 2.29. The second-order valence-corrected chi connectivity index (χ2v) is 3.54. The van der Waals surface area contributed by atoms with Crippen LogP contribution in [0, 0.1) is 12.7 Å². The van der Waals surface area contributed by atoms with Gasteiger partial charge >= 0.3 is 5.97 Å². The molecule has 0 aliphatic rings. The van der Waals surface area contributed by atoms with Crippen molar-refractivity contribution < 1.29 is 23.7 Å². The summed E-state index contributed by atoms with van der Waals surface area (Å²) in [4.78, 5) is 10.6. The summed E-state index contributed by atoms with van der Waals surface area (Å²) < 4.78 is 23.1. The Bertz CT molecular complexity index is 582. The highest BCUT2D eigenvalue weighted by Gasteiger charge is 2.11. The van der Waals surface area contributed by atoms with E-state index in [9.17, 15) is 9.18 Å². The van der Waals surface area contributed by atoms with Crippen LogP contribution in [0.15, 0.2) is 22.8 Å². The minimum absolute atomic E-state index is 0.00132. The molecule has 0 bridgehead atoms. The molecule has 0 saturated heterocycles. The van der Waals surface area contributed by atoms with Crippen molar-refractivity contribution in [1.29, 1.82) is 0 Å². The summed E-state index contributed by atoms with van der Waals surface area (Å²) in [5, 5.41) is 15.8. The molecule has 1 heterocycles. The molecule has 18 heavy (non-hydrogen) atoms. The summed E-state index contributed by atoms with van der Waals surface area (Å²) in [6.07, 6.45) is 0. The molecule has 0 aliphatic heterocycles. The third-order valence-electron chi connectivity index (χ3n) is 2.29. The molecule has 94 valence electrons. The van der Waals surface area contributed by atoms with Gasteiger partial charge in [-0.25, -0.2) is 13.8 Å². The molecular formula is C11H9FN2O4. The van der Waals surface area contributed by atoms with Gasteiger partial charge in [0.05, 0.1) is 5.56 Å². The molecule has 0 spiro atoms. The van der Waals surface area contributed by atoms with E-state index in [1.807, 2.05) is 0 Å². The van der Waals surface area contributed by atoms with Gasteiger partial charge in [0.15, 0.2) is 11.6 Å². The molecule has 2 rings (SSSR count). The highest BCUT2D eigenvalue weighted by molar-refractivity contribution is 5.87. The minimum Gasteiger partial charge on any atom is -0.484 e. The van der Waals surface area contributed by atoms with Crippen molar-refractivity contribution in [2.75, 3.05) is 0 Å². The van der Waals surface area contributed by atoms with E-state index in [0.717, 1.165) is 6.07 Å². The van der Waals surface area contributed by atoms with Gasteiger partial charge in [-0.1, -0.05) is 10.3 Å². The number of nitrogens with zero attached hydrogens (tertiary/aromatic N) is 2. The topological polar surface area (TPSA) is 85.5 Å². The molecule has 0 fully saturated rings. The van der Waals surface area contributed by atoms with E-state index in [2.05, 4.69) is 14.9 Å². The Morgan fingerprint density at radius 1 is 1.50 bits per heavy atom. The van der Waals surface area contributed by atoms with E-state index in [-0.39, 0.29) is 17.9 Å². The fraction of sp³-hybridized carbons (Fsp3) is 0.182.